The van der Waals surface area contributed by atoms with Crippen LogP contribution in [0.4, 0.5) is 5.69 Å². The van der Waals surface area contributed by atoms with E-state index in [9.17, 15) is 4.79 Å². The molecule has 0 aromatic heterocycles. The van der Waals surface area contributed by atoms with Gasteiger partial charge < -0.3 is 19.1 Å². The summed E-state index contributed by atoms with van der Waals surface area (Å²) in [6, 6.07) is 15.3. The molecule has 134 valence electrons. The first-order valence-electron chi connectivity index (χ1n) is 8.85. The number of hydrogen-bond donors (Lipinski definition) is 0. The molecule has 1 amide bonds. The van der Waals surface area contributed by atoms with Crippen LogP contribution >= 0.6 is 0 Å². The molecule has 0 bridgehead atoms. The zero-order valence-electron chi connectivity index (χ0n) is 14.5. The van der Waals surface area contributed by atoms with Gasteiger partial charge in [0, 0.05) is 18.4 Å². The Labute approximate surface area is 152 Å². The van der Waals surface area contributed by atoms with Gasteiger partial charge in [-0.2, -0.15) is 0 Å². The molecule has 1 unspecified atom stereocenters. The number of ether oxygens (including phenoxy) is 3. The number of para-hydroxylation sites is 1. The summed E-state index contributed by atoms with van der Waals surface area (Å²) in [7, 11) is 0. The Balaban J connectivity index is 1.51. The molecule has 1 saturated heterocycles. The molecule has 2 aromatic carbocycles. The molecule has 26 heavy (non-hydrogen) atoms. The second-order valence-corrected chi connectivity index (χ2v) is 6.37. The smallest absolute Gasteiger partial charge is 0.251 e. The van der Waals surface area contributed by atoms with E-state index >= 15 is 0 Å². The molecular weight excluding hydrogens is 330 g/mol. The molecule has 1 fully saturated rings. The lowest BCUT2D eigenvalue weighted by molar-refractivity contribution is -0.114. The fourth-order valence-electron chi connectivity index (χ4n) is 3.20. The molecule has 2 heterocycles. The number of benzene rings is 2. The van der Waals surface area contributed by atoms with Gasteiger partial charge in [-0.1, -0.05) is 24.3 Å². The van der Waals surface area contributed by atoms with Gasteiger partial charge in [-0.15, -0.1) is 0 Å². The summed E-state index contributed by atoms with van der Waals surface area (Å²) < 4.78 is 16.4. The van der Waals surface area contributed by atoms with Crippen LogP contribution in [0.1, 0.15) is 18.4 Å². The maximum Gasteiger partial charge on any atom is 0.251 e. The Bertz CT molecular complexity index is 797. The third-order valence-electron chi connectivity index (χ3n) is 4.56. The molecule has 0 saturated carbocycles. The van der Waals surface area contributed by atoms with Crippen molar-refractivity contribution in [3.05, 3.63) is 60.2 Å². The van der Waals surface area contributed by atoms with Crippen molar-refractivity contribution in [3.63, 3.8) is 0 Å². The van der Waals surface area contributed by atoms with Gasteiger partial charge in [0.15, 0.2) is 11.5 Å². The minimum Gasteiger partial charge on any atom is -0.454 e. The molecule has 4 rings (SSSR count). The first-order chi connectivity index (χ1) is 12.8. The van der Waals surface area contributed by atoms with Crippen LogP contribution in [0, 0.1) is 0 Å². The number of amides is 1. The highest BCUT2D eigenvalue weighted by Crippen LogP contribution is 2.32. The summed E-state index contributed by atoms with van der Waals surface area (Å²) in [6.45, 7) is 1.58. The van der Waals surface area contributed by atoms with Gasteiger partial charge in [0.05, 0.1) is 12.6 Å². The SMILES string of the molecule is O=C(C=Cc1ccc2c(c1)OCO2)N(CC1CCCO1)c1ccccc1. The Hall–Kier alpha value is -2.79. The van der Waals surface area contributed by atoms with Crippen molar-refractivity contribution in [3.8, 4) is 11.5 Å². The van der Waals surface area contributed by atoms with Crippen LogP contribution < -0.4 is 14.4 Å². The summed E-state index contributed by atoms with van der Waals surface area (Å²) in [5.74, 6) is 1.38. The third-order valence-corrected chi connectivity index (χ3v) is 4.56. The van der Waals surface area contributed by atoms with Gasteiger partial charge in [-0.05, 0) is 48.7 Å². The molecule has 5 nitrogen and oxygen atoms in total. The van der Waals surface area contributed by atoms with Gasteiger partial charge in [0.25, 0.3) is 5.91 Å². The largest absolute Gasteiger partial charge is 0.454 e. The molecular formula is C21H21NO4. The average molecular weight is 351 g/mol. The van der Waals surface area contributed by atoms with Crippen LogP contribution in [-0.2, 0) is 9.53 Å². The number of anilines is 1. The Morgan fingerprint density at radius 2 is 1.96 bits per heavy atom. The van der Waals surface area contributed by atoms with Gasteiger partial charge in [-0.25, -0.2) is 0 Å². The molecule has 0 radical (unpaired) electrons. The predicted molar refractivity (Wildman–Crippen MR) is 99.4 cm³/mol. The van der Waals surface area contributed by atoms with E-state index < -0.39 is 0 Å². The fourth-order valence-corrected chi connectivity index (χ4v) is 3.20. The molecule has 0 N–H and O–H groups in total. The van der Waals surface area contributed by atoms with E-state index in [1.807, 2.05) is 48.5 Å². The number of hydrogen-bond acceptors (Lipinski definition) is 4. The van der Waals surface area contributed by atoms with Crippen LogP contribution in [0.3, 0.4) is 0 Å². The third kappa shape index (κ3) is 3.73. The molecule has 1 atom stereocenters. The molecule has 2 aliphatic rings. The van der Waals surface area contributed by atoms with Crippen molar-refractivity contribution in [2.45, 2.75) is 18.9 Å². The van der Waals surface area contributed by atoms with E-state index in [0.29, 0.717) is 12.3 Å². The van der Waals surface area contributed by atoms with Crippen molar-refractivity contribution in [1.82, 2.24) is 0 Å². The molecule has 5 heteroatoms. The minimum absolute atomic E-state index is 0.0654. The zero-order valence-corrected chi connectivity index (χ0v) is 14.5. The molecule has 0 spiro atoms. The van der Waals surface area contributed by atoms with E-state index in [1.165, 1.54) is 0 Å². The summed E-state index contributed by atoms with van der Waals surface area (Å²) in [6.07, 6.45) is 5.53. The lowest BCUT2D eigenvalue weighted by Crippen LogP contribution is -2.36. The van der Waals surface area contributed by atoms with E-state index in [0.717, 1.165) is 36.4 Å². The maximum atomic E-state index is 12.9. The van der Waals surface area contributed by atoms with Gasteiger partial charge in [0.1, 0.15) is 0 Å². The Morgan fingerprint density at radius 3 is 2.77 bits per heavy atom. The highest BCUT2D eigenvalue weighted by molar-refractivity contribution is 6.03. The molecule has 2 aromatic rings. The van der Waals surface area contributed by atoms with E-state index in [4.69, 9.17) is 14.2 Å². The van der Waals surface area contributed by atoms with Crippen molar-refractivity contribution < 1.29 is 19.0 Å². The van der Waals surface area contributed by atoms with Crippen LogP contribution in [0.5, 0.6) is 11.5 Å². The Morgan fingerprint density at radius 1 is 1.12 bits per heavy atom. The van der Waals surface area contributed by atoms with E-state index in [-0.39, 0.29) is 18.8 Å². The zero-order chi connectivity index (χ0) is 17.8. The predicted octanol–water partition coefficient (Wildman–Crippen LogP) is 3.64. The molecule has 2 aliphatic heterocycles. The van der Waals surface area contributed by atoms with Crippen molar-refractivity contribution in [2.24, 2.45) is 0 Å². The van der Waals surface area contributed by atoms with Crippen molar-refractivity contribution in [1.29, 1.82) is 0 Å². The lowest BCUT2D eigenvalue weighted by atomic mass is 10.1. The van der Waals surface area contributed by atoms with Crippen LogP contribution in [0.2, 0.25) is 0 Å². The monoisotopic (exact) mass is 351 g/mol. The number of carbonyl (C=O) groups excluding carboxylic acids is 1. The van der Waals surface area contributed by atoms with Crippen molar-refractivity contribution >= 4 is 17.7 Å². The summed E-state index contributed by atoms with van der Waals surface area (Å²) in [5.41, 5.74) is 1.77. The normalized spacial score (nSPS) is 18.4. The van der Waals surface area contributed by atoms with Crippen LogP contribution in [0.15, 0.2) is 54.6 Å². The number of fused-ring (bicyclic) bond motifs is 1. The first kappa shape index (κ1) is 16.7. The van der Waals surface area contributed by atoms with Crippen LogP contribution in [-0.4, -0.2) is 32.0 Å². The lowest BCUT2D eigenvalue weighted by Gasteiger charge is -2.24. The van der Waals surface area contributed by atoms with E-state index in [2.05, 4.69) is 0 Å². The second-order valence-electron chi connectivity index (χ2n) is 6.37. The standard InChI is InChI=1S/C21H21NO4/c23-21(11-9-16-8-10-19-20(13-16)26-15-25-19)22(14-18-7-4-12-24-18)17-5-2-1-3-6-17/h1-3,5-6,8-11,13,18H,4,7,12,14-15H2. The minimum atomic E-state index is -0.0654. The van der Waals surface area contributed by atoms with E-state index in [1.54, 1.807) is 17.1 Å². The Kier molecular flexibility index (Phi) is 4.88. The van der Waals surface area contributed by atoms with Gasteiger partial charge in [-0.3, -0.25) is 4.79 Å². The van der Waals surface area contributed by atoms with Gasteiger partial charge in [0.2, 0.25) is 6.79 Å². The highest BCUT2D eigenvalue weighted by atomic mass is 16.7. The molecule has 0 aliphatic carbocycles. The number of nitrogens with zero attached hydrogens (tertiary/aromatic N) is 1. The topological polar surface area (TPSA) is 48.0 Å². The summed E-state index contributed by atoms with van der Waals surface area (Å²) >= 11 is 0. The van der Waals surface area contributed by atoms with Crippen molar-refractivity contribution in [2.75, 3.05) is 24.8 Å². The number of carbonyl (C=O) groups is 1. The van der Waals surface area contributed by atoms with Crippen LogP contribution in [0.25, 0.3) is 6.08 Å². The maximum absolute atomic E-state index is 12.9. The second kappa shape index (κ2) is 7.62. The highest BCUT2D eigenvalue weighted by Gasteiger charge is 2.22. The first-order valence-corrected chi connectivity index (χ1v) is 8.85. The quantitative estimate of drug-likeness (QED) is 0.772. The summed E-state index contributed by atoms with van der Waals surface area (Å²) in [4.78, 5) is 14.6. The summed E-state index contributed by atoms with van der Waals surface area (Å²) in [5, 5.41) is 0. The fraction of sp³-hybridized carbons (Fsp3) is 0.286. The average Bonchev–Trinajstić information content (AvgIpc) is 3.36. The van der Waals surface area contributed by atoms with Gasteiger partial charge >= 0.3 is 0 Å². The number of rotatable bonds is 5.